The number of hydrogen-bond acceptors (Lipinski definition) is 2. The number of imide groups is 1. The van der Waals surface area contributed by atoms with Gasteiger partial charge in [-0.2, -0.15) is 0 Å². The number of carbonyl (C=O) groups is 2. The van der Waals surface area contributed by atoms with Crippen LogP contribution in [0.1, 0.15) is 6.92 Å². The smallest absolute Gasteiger partial charge is 0.308 e. The number of halogens is 3. The molecule has 0 bridgehead atoms. The lowest BCUT2D eigenvalue weighted by molar-refractivity contribution is -0.119. The Hall–Kier alpha value is -1.69. The second kappa shape index (κ2) is 5.58. The van der Waals surface area contributed by atoms with E-state index in [1.54, 1.807) is 0 Å². The van der Waals surface area contributed by atoms with Crippen molar-refractivity contribution in [3.63, 3.8) is 0 Å². The lowest BCUT2D eigenvalue weighted by Crippen LogP contribution is -2.38. The molecule has 1 atom stereocenters. The second-order valence-electron chi connectivity index (χ2n) is 3.19. The number of amides is 3. The van der Waals surface area contributed by atoms with Crippen LogP contribution in [0.4, 0.5) is 19.3 Å². The lowest BCUT2D eigenvalue weighted by atomic mass is 10.3. The van der Waals surface area contributed by atoms with Crippen LogP contribution in [0.5, 0.6) is 0 Å². The Bertz CT molecular complexity index is 452. The third-order valence-electron chi connectivity index (χ3n) is 1.78. The fourth-order valence-electron chi connectivity index (χ4n) is 0.948. The van der Waals surface area contributed by atoms with Gasteiger partial charge in [0.15, 0.2) is 11.6 Å². The molecule has 0 saturated heterocycles. The predicted octanol–water partition coefficient (Wildman–Crippen LogP) is 2.24. The molecule has 1 unspecified atom stereocenters. The maximum absolute atomic E-state index is 12.8. The van der Waals surface area contributed by atoms with Gasteiger partial charge in [-0.25, -0.2) is 13.6 Å². The van der Waals surface area contributed by atoms with E-state index in [0.29, 0.717) is 0 Å². The molecule has 0 aliphatic rings. The zero-order chi connectivity index (χ0) is 13.0. The number of nitrogens with one attached hydrogen (secondary N) is 2. The van der Waals surface area contributed by atoms with Crippen molar-refractivity contribution in [2.24, 2.45) is 0 Å². The van der Waals surface area contributed by atoms with Crippen molar-refractivity contribution in [2.45, 2.75) is 12.3 Å². The summed E-state index contributed by atoms with van der Waals surface area (Å²) in [6, 6.07) is 1.95. The Morgan fingerprint density at radius 1 is 1.29 bits per heavy atom. The Balaban J connectivity index is 2.62. The van der Waals surface area contributed by atoms with Gasteiger partial charge in [-0.15, -0.1) is 11.6 Å². The van der Waals surface area contributed by atoms with Crippen LogP contribution in [0, 0.1) is 11.6 Å². The van der Waals surface area contributed by atoms with Crippen molar-refractivity contribution in [1.82, 2.24) is 5.32 Å². The maximum atomic E-state index is 12.8. The largest absolute Gasteiger partial charge is 0.325 e. The number of anilines is 1. The maximum Gasteiger partial charge on any atom is 0.325 e. The zero-order valence-corrected chi connectivity index (χ0v) is 9.52. The summed E-state index contributed by atoms with van der Waals surface area (Å²) >= 11 is 5.42. The number of benzene rings is 1. The molecule has 0 saturated carbocycles. The molecule has 17 heavy (non-hydrogen) atoms. The van der Waals surface area contributed by atoms with E-state index in [2.05, 4.69) is 5.32 Å². The summed E-state index contributed by atoms with van der Waals surface area (Å²) in [6.45, 7) is 1.39. The minimum atomic E-state index is -1.10. The highest BCUT2D eigenvalue weighted by atomic mass is 35.5. The van der Waals surface area contributed by atoms with Crippen LogP contribution in [-0.2, 0) is 4.79 Å². The van der Waals surface area contributed by atoms with Gasteiger partial charge in [0, 0.05) is 11.8 Å². The number of rotatable bonds is 2. The molecule has 0 radical (unpaired) electrons. The van der Waals surface area contributed by atoms with E-state index in [0.717, 1.165) is 18.2 Å². The Kier molecular flexibility index (Phi) is 4.39. The molecule has 4 nitrogen and oxygen atoms in total. The molecule has 1 aromatic carbocycles. The van der Waals surface area contributed by atoms with Crippen LogP contribution >= 0.6 is 11.6 Å². The van der Waals surface area contributed by atoms with Crippen LogP contribution < -0.4 is 10.6 Å². The molecule has 92 valence electrons. The standard InChI is InChI=1S/C10H9ClF2N2O2/c1-5(11)9(16)15-10(17)14-6-2-3-7(12)8(13)4-6/h2-5H,1H3,(H2,14,15,16,17). The summed E-state index contributed by atoms with van der Waals surface area (Å²) in [4.78, 5) is 22.2. The zero-order valence-electron chi connectivity index (χ0n) is 8.76. The number of hydrogen-bond donors (Lipinski definition) is 2. The first kappa shape index (κ1) is 13.4. The molecular formula is C10H9ClF2N2O2. The Labute approximate surface area is 101 Å². The summed E-state index contributed by atoms with van der Waals surface area (Å²) in [5, 5.41) is 3.21. The molecule has 7 heteroatoms. The van der Waals surface area contributed by atoms with E-state index < -0.39 is 28.9 Å². The minimum absolute atomic E-state index is 0.0245. The molecule has 1 rings (SSSR count). The SMILES string of the molecule is CC(Cl)C(=O)NC(=O)Nc1ccc(F)c(F)c1. The molecule has 0 spiro atoms. The fourth-order valence-corrected chi connectivity index (χ4v) is 1.00. The van der Waals surface area contributed by atoms with E-state index in [1.807, 2.05) is 5.32 Å². The summed E-state index contributed by atoms with van der Waals surface area (Å²) in [5.41, 5.74) is 0.0245. The third-order valence-corrected chi connectivity index (χ3v) is 1.97. The van der Waals surface area contributed by atoms with E-state index in [4.69, 9.17) is 11.6 Å². The highest BCUT2D eigenvalue weighted by Crippen LogP contribution is 2.12. The summed E-state index contributed by atoms with van der Waals surface area (Å²) in [7, 11) is 0. The van der Waals surface area contributed by atoms with Crippen molar-refractivity contribution in [2.75, 3.05) is 5.32 Å². The van der Waals surface area contributed by atoms with Crippen molar-refractivity contribution >= 4 is 29.2 Å². The van der Waals surface area contributed by atoms with Crippen LogP contribution in [0.25, 0.3) is 0 Å². The monoisotopic (exact) mass is 262 g/mol. The predicted molar refractivity (Wildman–Crippen MR) is 58.8 cm³/mol. The van der Waals surface area contributed by atoms with E-state index >= 15 is 0 Å². The van der Waals surface area contributed by atoms with Gasteiger partial charge in [0.25, 0.3) is 0 Å². The Morgan fingerprint density at radius 3 is 2.47 bits per heavy atom. The van der Waals surface area contributed by atoms with Gasteiger partial charge >= 0.3 is 6.03 Å². The van der Waals surface area contributed by atoms with Crippen LogP contribution in [0.15, 0.2) is 18.2 Å². The molecule has 1 aromatic rings. The quantitative estimate of drug-likeness (QED) is 0.803. The van der Waals surface area contributed by atoms with Gasteiger partial charge < -0.3 is 5.32 Å². The molecule has 0 fully saturated rings. The first-order valence-electron chi connectivity index (χ1n) is 4.61. The first-order valence-corrected chi connectivity index (χ1v) is 5.04. The number of alkyl halides is 1. The fraction of sp³-hybridized carbons (Fsp3) is 0.200. The molecule has 0 aliphatic heterocycles. The highest BCUT2D eigenvalue weighted by molar-refractivity contribution is 6.31. The highest BCUT2D eigenvalue weighted by Gasteiger charge is 2.13. The van der Waals surface area contributed by atoms with Gasteiger partial charge in [-0.3, -0.25) is 10.1 Å². The van der Waals surface area contributed by atoms with Gasteiger partial charge in [-0.05, 0) is 19.1 Å². The van der Waals surface area contributed by atoms with E-state index in [1.165, 1.54) is 6.92 Å². The summed E-state index contributed by atoms with van der Waals surface area (Å²) in [6.07, 6.45) is 0. The van der Waals surface area contributed by atoms with E-state index in [9.17, 15) is 18.4 Å². The molecule has 0 heterocycles. The summed E-state index contributed by atoms with van der Waals surface area (Å²) in [5.74, 6) is -2.81. The van der Waals surface area contributed by atoms with Crippen molar-refractivity contribution < 1.29 is 18.4 Å². The second-order valence-corrected chi connectivity index (χ2v) is 3.84. The van der Waals surface area contributed by atoms with Gasteiger partial charge in [-0.1, -0.05) is 0 Å². The molecule has 2 N–H and O–H groups in total. The van der Waals surface area contributed by atoms with E-state index in [-0.39, 0.29) is 5.69 Å². The number of carbonyl (C=O) groups excluding carboxylic acids is 2. The minimum Gasteiger partial charge on any atom is -0.308 e. The summed E-state index contributed by atoms with van der Waals surface area (Å²) < 4.78 is 25.4. The normalized spacial score (nSPS) is 11.8. The Morgan fingerprint density at radius 2 is 1.94 bits per heavy atom. The van der Waals surface area contributed by atoms with Gasteiger partial charge in [0.05, 0.1) is 0 Å². The average molecular weight is 263 g/mol. The van der Waals surface area contributed by atoms with Crippen molar-refractivity contribution in [3.05, 3.63) is 29.8 Å². The molecule has 0 aromatic heterocycles. The van der Waals surface area contributed by atoms with Gasteiger partial charge in [0.1, 0.15) is 5.38 Å². The van der Waals surface area contributed by atoms with Crippen LogP contribution in [0.2, 0.25) is 0 Å². The molecule has 0 aliphatic carbocycles. The van der Waals surface area contributed by atoms with Crippen molar-refractivity contribution in [3.8, 4) is 0 Å². The molecule has 3 amide bonds. The third kappa shape index (κ3) is 3.99. The average Bonchev–Trinajstić information content (AvgIpc) is 2.23. The van der Waals surface area contributed by atoms with Crippen LogP contribution in [-0.4, -0.2) is 17.3 Å². The van der Waals surface area contributed by atoms with Crippen LogP contribution in [0.3, 0.4) is 0 Å². The molecular weight excluding hydrogens is 254 g/mol. The van der Waals surface area contributed by atoms with Crippen molar-refractivity contribution in [1.29, 1.82) is 0 Å². The topological polar surface area (TPSA) is 58.2 Å². The lowest BCUT2D eigenvalue weighted by Gasteiger charge is -2.07. The first-order chi connectivity index (χ1) is 7.90. The number of urea groups is 1. The van der Waals surface area contributed by atoms with Gasteiger partial charge in [0.2, 0.25) is 5.91 Å².